The molecule has 102 valence electrons. The van der Waals surface area contributed by atoms with Gasteiger partial charge >= 0.3 is 0 Å². The van der Waals surface area contributed by atoms with E-state index in [4.69, 9.17) is 0 Å². The van der Waals surface area contributed by atoms with Gasteiger partial charge in [0.1, 0.15) is 5.69 Å². The molecule has 6 heteroatoms. The van der Waals surface area contributed by atoms with Crippen molar-refractivity contribution < 1.29 is 9.59 Å². The molecule has 0 N–H and O–H groups in total. The Kier molecular flexibility index (Phi) is 4.43. The molecule has 1 aliphatic rings. The van der Waals surface area contributed by atoms with Gasteiger partial charge in [-0.05, 0) is 6.42 Å². The Morgan fingerprint density at radius 2 is 1.84 bits per heavy atom. The second-order valence-electron chi connectivity index (χ2n) is 4.51. The monoisotopic (exact) mass is 262 g/mol. The lowest BCUT2D eigenvalue weighted by Crippen LogP contribution is -2.50. The third-order valence-corrected chi connectivity index (χ3v) is 3.17. The number of amides is 2. The van der Waals surface area contributed by atoms with Gasteiger partial charge in [0.25, 0.3) is 5.91 Å². The normalized spacial score (nSPS) is 15.4. The molecule has 2 rings (SSSR count). The van der Waals surface area contributed by atoms with Crippen molar-refractivity contribution in [2.45, 2.75) is 19.8 Å². The van der Waals surface area contributed by atoms with Crippen molar-refractivity contribution >= 4 is 11.8 Å². The van der Waals surface area contributed by atoms with Gasteiger partial charge in [-0.25, -0.2) is 4.98 Å². The van der Waals surface area contributed by atoms with E-state index in [1.165, 1.54) is 18.6 Å². The molecule has 19 heavy (non-hydrogen) atoms. The van der Waals surface area contributed by atoms with Crippen LogP contribution in [0.1, 0.15) is 30.3 Å². The molecule has 0 bridgehead atoms. The number of hydrogen-bond donors (Lipinski definition) is 0. The first-order valence-corrected chi connectivity index (χ1v) is 6.55. The van der Waals surface area contributed by atoms with Crippen molar-refractivity contribution in [3.8, 4) is 0 Å². The molecular formula is C13H18N4O2. The van der Waals surface area contributed by atoms with Crippen LogP contribution in [-0.4, -0.2) is 57.8 Å². The number of carbonyl (C=O) groups excluding carboxylic acids is 2. The van der Waals surface area contributed by atoms with Gasteiger partial charge in [-0.1, -0.05) is 6.92 Å². The topological polar surface area (TPSA) is 66.4 Å². The molecule has 1 saturated heterocycles. The van der Waals surface area contributed by atoms with E-state index in [0.29, 0.717) is 38.3 Å². The molecule has 1 fully saturated rings. The minimum Gasteiger partial charge on any atom is -0.339 e. The number of aromatic nitrogens is 2. The molecule has 1 aromatic heterocycles. The van der Waals surface area contributed by atoms with Crippen LogP contribution >= 0.6 is 0 Å². The zero-order chi connectivity index (χ0) is 13.7. The number of rotatable bonds is 3. The average Bonchev–Trinajstić information content (AvgIpc) is 2.48. The third-order valence-electron chi connectivity index (χ3n) is 3.17. The van der Waals surface area contributed by atoms with Crippen molar-refractivity contribution in [3.63, 3.8) is 0 Å². The van der Waals surface area contributed by atoms with E-state index in [0.717, 1.165) is 6.42 Å². The highest BCUT2D eigenvalue weighted by Gasteiger charge is 2.24. The van der Waals surface area contributed by atoms with Gasteiger partial charge in [-0.2, -0.15) is 0 Å². The molecule has 0 aromatic carbocycles. The van der Waals surface area contributed by atoms with Crippen molar-refractivity contribution in [2.24, 2.45) is 0 Å². The van der Waals surface area contributed by atoms with Crippen LogP contribution < -0.4 is 0 Å². The maximum atomic E-state index is 12.1. The molecule has 0 aliphatic carbocycles. The second-order valence-corrected chi connectivity index (χ2v) is 4.51. The highest BCUT2D eigenvalue weighted by Crippen LogP contribution is 2.08. The minimum absolute atomic E-state index is 0.115. The SMILES string of the molecule is CCCC(=O)N1CCN(C(=O)c2cnccn2)CC1. The third kappa shape index (κ3) is 3.27. The van der Waals surface area contributed by atoms with Gasteiger partial charge in [0.2, 0.25) is 5.91 Å². The Hall–Kier alpha value is -1.98. The molecule has 0 atom stereocenters. The maximum Gasteiger partial charge on any atom is 0.274 e. The number of carbonyl (C=O) groups is 2. The summed E-state index contributed by atoms with van der Waals surface area (Å²) in [6.07, 6.45) is 5.96. The summed E-state index contributed by atoms with van der Waals surface area (Å²) in [4.78, 5) is 35.3. The largest absolute Gasteiger partial charge is 0.339 e. The summed E-state index contributed by atoms with van der Waals surface area (Å²) in [5, 5.41) is 0. The zero-order valence-corrected chi connectivity index (χ0v) is 11.1. The summed E-state index contributed by atoms with van der Waals surface area (Å²) in [5.74, 6) is 0.0600. The Labute approximate surface area is 112 Å². The first-order valence-electron chi connectivity index (χ1n) is 6.55. The quantitative estimate of drug-likeness (QED) is 0.798. The van der Waals surface area contributed by atoms with Crippen molar-refractivity contribution in [3.05, 3.63) is 24.3 Å². The van der Waals surface area contributed by atoms with Gasteiger partial charge < -0.3 is 9.80 Å². The Morgan fingerprint density at radius 1 is 1.16 bits per heavy atom. The molecular weight excluding hydrogens is 244 g/mol. The predicted molar refractivity (Wildman–Crippen MR) is 69.4 cm³/mol. The van der Waals surface area contributed by atoms with E-state index in [1.54, 1.807) is 4.90 Å². The number of nitrogens with zero attached hydrogens (tertiary/aromatic N) is 4. The van der Waals surface area contributed by atoms with E-state index >= 15 is 0 Å². The van der Waals surface area contributed by atoms with Gasteiger partial charge in [0.05, 0.1) is 6.20 Å². The van der Waals surface area contributed by atoms with Crippen LogP contribution in [0.25, 0.3) is 0 Å². The molecule has 2 heterocycles. The van der Waals surface area contributed by atoms with Crippen LogP contribution in [-0.2, 0) is 4.79 Å². The van der Waals surface area contributed by atoms with Crippen LogP contribution in [0, 0.1) is 0 Å². The summed E-state index contributed by atoms with van der Waals surface area (Å²) in [5.41, 5.74) is 0.357. The van der Waals surface area contributed by atoms with Crippen LogP contribution in [0.4, 0.5) is 0 Å². The molecule has 6 nitrogen and oxygen atoms in total. The Balaban J connectivity index is 1.90. The summed E-state index contributed by atoms with van der Waals surface area (Å²) < 4.78 is 0. The molecule has 2 amide bonds. The Morgan fingerprint density at radius 3 is 2.42 bits per heavy atom. The average molecular weight is 262 g/mol. The van der Waals surface area contributed by atoms with Crippen LogP contribution in [0.5, 0.6) is 0 Å². The van der Waals surface area contributed by atoms with Crippen LogP contribution in [0.15, 0.2) is 18.6 Å². The molecule has 0 unspecified atom stereocenters. The van der Waals surface area contributed by atoms with Gasteiger partial charge in [0.15, 0.2) is 0 Å². The highest BCUT2D eigenvalue weighted by atomic mass is 16.2. The van der Waals surface area contributed by atoms with E-state index in [2.05, 4.69) is 9.97 Å². The molecule has 0 spiro atoms. The predicted octanol–water partition coefficient (Wildman–Crippen LogP) is 0.561. The highest BCUT2D eigenvalue weighted by molar-refractivity contribution is 5.92. The number of hydrogen-bond acceptors (Lipinski definition) is 4. The van der Waals surface area contributed by atoms with E-state index in [9.17, 15) is 9.59 Å². The Bertz CT molecular complexity index is 441. The second kappa shape index (κ2) is 6.26. The molecule has 1 aromatic rings. The molecule has 1 aliphatic heterocycles. The lowest BCUT2D eigenvalue weighted by atomic mass is 10.2. The van der Waals surface area contributed by atoms with Crippen molar-refractivity contribution in [1.29, 1.82) is 0 Å². The summed E-state index contributed by atoms with van der Waals surface area (Å²) in [6.45, 7) is 4.32. The first-order chi connectivity index (χ1) is 9.22. The summed E-state index contributed by atoms with van der Waals surface area (Å²) in [7, 11) is 0. The zero-order valence-electron chi connectivity index (χ0n) is 11.1. The van der Waals surface area contributed by atoms with E-state index in [-0.39, 0.29) is 11.8 Å². The lowest BCUT2D eigenvalue weighted by Gasteiger charge is -2.34. The van der Waals surface area contributed by atoms with E-state index < -0.39 is 0 Å². The number of piperazine rings is 1. The molecule has 0 radical (unpaired) electrons. The van der Waals surface area contributed by atoms with Crippen LogP contribution in [0.3, 0.4) is 0 Å². The summed E-state index contributed by atoms with van der Waals surface area (Å²) >= 11 is 0. The molecule has 0 saturated carbocycles. The van der Waals surface area contributed by atoms with Gasteiger partial charge in [0, 0.05) is 45.0 Å². The standard InChI is InChI=1S/C13H18N4O2/c1-2-3-12(18)16-6-8-17(9-7-16)13(19)11-10-14-4-5-15-11/h4-5,10H,2-3,6-9H2,1H3. The fourth-order valence-corrected chi connectivity index (χ4v) is 2.10. The fourth-order valence-electron chi connectivity index (χ4n) is 2.10. The maximum absolute atomic E-state index is 12.1. The van der Waals surface area contributed by atoms with E-state index in [1.807, 2.05) is 11.8 Å². The van der Waals surface area contributed by atoms with Crippen molar-refractivity contribution in [1.82, 2.24) is 19.8 Å². The smallest absolute Gasteiger partial charge is 0.274 e. The van der Waals surface area contributed by atoms with Crippen LogP contribution in [0.2, 0.25) is 0 Å². The van der Waals surface area contributed by atoms with Gasteiger partial charge in [-0.15, -0.1) is 0 Å². The first kappa shape index (κ1) is 13.5. The van der Waals surface area contributed by atoms with Gasteiger partial charge in [-0.3, -0.25) is 14.6 Å². The lowest BCUT2D eigenvalue weighted by molar-refractivity contribution is -0.132. The minimum atomic E-state index is -0.115. The van der Waals surface area contributed by atoms with Crippen molar-refractivity contribution in [2.75, 3.05) is 26.2 Å². The fraction of sp³-hybridized carbons (Fsp3) is 0.538. The summed E-state index contributed by atoms with van der Waals surface area (Å²) in [6, 6.07) is 0.